The summed E-state index contributed by atoms with van der Waals surface area (Å²) in [5.74, 6) is -3.93. The zero-order chi connectivity index (χ0) is 27.1. The first-order valence-corrected chi connectivity index (χ1v) is 10.6. The number of hydrogen-bond acceptors (Lipinski definition) is 2. The van der Waals surface area contributed by atoms with Crippen LogP contribution in [0.2, 0.25) is 0 Å². The number of nitrogens with zero attached hydrogens (tertiary/aromatic N) is 2. The maximum absolute atomic E-state index is 13.0. The molecule has 0 radical (unpaired) electrons. The van der Waals surface area contributed by atoms with Crippen molar-refractivity contribution < 1.29 is 48.9 Å². The minimum atomic E-state index is -0.863. The first-order valence-electron chi connectivity index (χ1n) is 10.6. The van der Waals surface area contributed by atoms with Crippen molar-refractivity contribution in [3.63, 3.8) is 0 Å². The number of halogens is 4. The number of carbonyl (C=O) groups excluding carboxylic acids is 2. The molecular formula is C28H26F4N2O2Ti. The predicted molar refractivity (Wildman–Crippen MR) is 133 cm³/mol. The fraction of sp³-hybridized carbons (Fsp3) is 0.143. The SMILES string of the molecule is CC(=O)N(C)c1ccc(F)[c-]c1F.CC(=O)N(C)c1ccc(F)[c-]c1F.[Ti+4].c1cc[cH-]c1.c1cc[cH-]c1. The molecule has 0 aliphatic carbocycles. The van der Waals surface area contributed by atoms with Crippen LogP contribution in [0.4, 0.5) is 28.9 Å². The van der Waals surface area contributed by atoms with E-state index < -0.39 is 23.3 Å². The minimum Gasteiger partial charge on any atom is -0.366 e. The van der Waals surface area contributed by atoms with Gasteiger partial charge in [0.05, 0.1) is 0 Å². The second-order valence-corrected chi connectivity index (χ2v) is 7.09. The molecule has 0 heterocycles. The van der Waals surface area contributed by atoms with Crippen molar-refractivity contribution in [1.82, 2.24) is 0 Å². The van der Waals surface area contributed by atoms with Gasteiger partial charge in [-0.15, -0.1) is 36.4 Å². The van der Waals surface area contributed by atoms with Gasteiger partial charge in [0.2, 0.25) is 11.8 Å². The van der Waals surface area contributed by atoms with Crippen molar-refractivity contribution in [2.45, 2.75) is 13.8 Å². The van der Waals surface area contributed by atoms with Crippen LogP contribution in [0.25, 0.3) is 0 Å². The Kier molecular flexibility index (Phi) is 16.2. The van der Waals surface area contributed by atoms with Crippen LogP contribution in [0.15, 0.2) is 84.9 Å². The van der Waals surface area contributed by atoms with Gasteiger partial charge in [-0.05, 0) is 11.4 Å². The molecule has 0 saturated heterocycles. The molecule has 0 aliphatic heterocycles. The molecule has 0 bridgehead atoms. The summed E-state index contributed by atoms with van der Waals surface area (Å²) in [6.45, 7) is 2.59. The summed E-state index contributed by atoms with van der Waals surface area (Å²) < 4.78 is 50.8. The molecule has 192 valence electrons. The van der Waals surface area contributed by atoms with E-state index in [4.69, 9.17) is 0 Å². The van der Waals surface area contributed by atoms with Crippen LogP contribution in [0.5, 0.6) is 0 Å². The molecule has 0 saturated carbocycles. The summed E-state index contributed by atoms with van der Waals surface area (Å²) >= 11 is 0. The van der Waals surface area contributed by atoms with Crippen molar-refractivity contribution in [1.29, 1.82) is 0 Å². The summed E-state index contributed by atoms with van der Waals surface area (Å²) in [4.78, 5) is 23.8. The number of rotatable bonds is 2. The normalized spacial score (nSPS) is 9.08. The fourth-order valence-corrected chi connectivity index (χ4v) is 2.37. The van der Waals surface area contributed by atoms with Crippen LogP contribution in [-0.4, -0.2) is 25.9 Å². The Morgan fingerprint density at radius 2 is 0.946 bits per heavy atom. The summed E-state index contributed by atoms with van der Waals surface area (Å²) in [6, 6.07) is 28.2. The molecule has 2 amide bonds. The van der Waals surface area contributed by atoms with Gasteiger partial charge >= 0.3 is 21.7 Å². The van der Waals surface area contributed by atoms with Gasteiger partial charge in [0.1, 0.15) is 0 Å². The van der Waals surface area contributed by atoms with Crippen molar-refractivity contribution in [3.05, 3.63) is 120 Å². The second-order valence-electron chi connectivity index (χ2n) is 7.09. The molecule has 0 spiro atoms. The number of anilines is 2. The second kappa shape index (κ2) is 17.9. The van der Waals surface area contributed by atoms with Crippen molar-refractivity contribution in [2.24, 2.45) is 0 Å². The molecule has 4 aromatic carbocycles. The van der Waals surface area contributed by atoms with E-state index in [9.17, 15) is 27.2 Å². The van der Waals surface area contributed by atoms with Gasteiger partial charge in [-0.25, -0.2) is 41.8 Å². The first kappa shape index (κ1) is 33.5. The van der Waals surface area contributed by atoms with Crippen LogP contribution in [0.1, 0.15) is 13.8 Å². The Labute approximate surface area is 229 Å². The monoisotopic (exact) mass is 546 g/mol. The zero-order valence-electron chi connectivity index (χ0n) is 20.8. The molecule has 37 heavy (non-hydrogen) atoms. The fourth-order valence-electron chi connectivity index (χ4n) is 2.37. The molecule has 0 atom stereocenters. The summed E-state index contributed by atoms with van der Waals surface area (Å²) in [6.07, 6.45) is 0. The first-order chi connectivity index (χ1) is 17.0. The summed E-state index contributed by atoms with van der Waals surface area (Å²) in [5, 5.41) is 0. The number of carbonyl (C=O) groups is 2. The third-order valence-corrected chi connectivity index (χ3v) is 4.46. The van der Waals surface area contributed by atoms with E-state index in [0.29, 0.717) is 0 Å². The van der Waals surface area contributed by atoms with Gasteiger partial charge in [-0.1, -0.05) is 0 Å². The zero-order valence-corrected chi connectivity index (χ0v) is 22.4. The number of benzene rings is 2. The average molecular weight is 546 g/mol. The standard InChI is InChI=1S/2C9H8F2NO.2C5H5.Ti/c2*1-6(13)12(2)9-4-3-7(10)5-8(9)11;2*1-2-4-5-3-1;/h2*3-4H,1-2H3;2*1-5H;/q4*-1;+4. The molecular weight excluding hydrogens is 520 g/mol. The molecule has 4 rings (SSSR count). The maximum atomic E-state index is 13.0. The van der Waals surface area contributed by atoms with Gasteiger partial charge in [0.15, 0.2) is 0 Å². The molecule has 0 fully saturated rings. The van der Waals surface area contributed by atoms with E-state index in [1.807, 2.05) is 72.8 Å². The van der Waals surface area contributed by atoms with E-state index in [1.165, 1.54) is 40.1 Å². The van der Waals surface area contributed by atoms with E-state index in [2.05, 4.69) is 0 Å². The molecule has 4 nitrogen and oxygen atoms in total. The number of hydrogen-bond donors (Lipinski definition) is 0. The average Bonchev–Trinajstić information content (AvgIpc) is 3.58. The molecule has 0 aromatic heterocycles. The van der Waals surface area contributed by atoms with Crippen molar-refractivity contribution in [2.75, 3.05) is 23.9 Å². The predicted octanol–water partition coefficient (Wildman–Crippen LogP) is 6.30. The number of amides is 2. The van der Waals surface area contributed by atoms with E-state index in [0.717, 1.165) is 21.9 Å². The van der Waals surface area contributed by atoms with Crippen molar-refractivity contribution in [3.8, 4) is 0 Å². The minimum absolute atomic E-state index is 0. The maximum Gasteiger partial charge on any atom is 4.00 e. The molecule has 0 aliphatic rings. The van der Waals surface area contributed by atoms with E-state index in [1.54, 1.807) is 0 Å². The van der Waals surface area contributed by atoms with Gasteiger partial charge in [-0.3, -0.25) is 9.59 Å². The van der Waals surface area contributed by atoms with Crippen LogP contribution in [0.3, 0.4) is 0 Å². The Morgan fingerprint density at radius 1 is 0.649 bits per heavy atom. The van der Waals surface area contributed by atoms with E-state index >= 15 is 0 Å². The van der Waals surface area contributed by atoms with Crippen molar-refractivity contribution >= 4 is 23.2 Å². The Bertz CT molecular complexity index is 1050. The Hall–Kier alpha value is -3.49. The van der Waals surface area contributed by atoms with Gasteiger partial charge in [0.25, 0.3) is 0 Å². The quantitative estimate of drug-likeness (QED) is 0.168. The van der Waals surface area contributed by atoms with Crippen LogP contribution in [-0.2, 0) is 31.3 Å². The smallest absolute Gasteiger partial charge is 0.366 e. The van der Waals surface area contributed by atoms with Gasteiger partial charge in [0, 0.05) is 51.2 Å². The third kappa shape index (κ3) is 12.9. The summed E-state index contributed by atoms with van der Waals surface area (Å²) in [5.41, 5.74) is 0.0443. The topological polar surface area (TPSA) is 40.6 Å². The third-order valence-electron chi connectivity index (χ3n) is 4.46. The summed E-state index contributed by atoms with van der Waals surface area (Å²) in [7, 11) is 2.82. The Balaban J connectivity index is 0.000000502. The van der Waals surface area contributed by atoms with Crippen LogP contribution < -0.4 is 9.80 Å². The molecule has 0 unspecified atom stereocenters. The molecule has 4 aromatic rings. The molecule has 0 N–H and O–H groups in total. The van der Waals surface area contributed by atoms with Crippen LogP contribution >= 0.6 is 0 Å². The Morgan fingerprint density at radius 3 is 1.14 bits per heavy atom. The largest absolute Gasteiger partial charge is 4.00 e. The van der Waals surface area contributed by atoms with E-state index in [-0.39, 0.29) is 44.9 Å². The van der Waals surface area contributed by atoms with Gasteiger partial charge < -0.3 is 9.80 Å². The van der Waals surface area contributed by atoms with Gasteiger partial charge in [-0.2, -0.15) is 36.4 Å². The molecule has 9 heteroatoms. The van der Waals surface area contributed by atoms with Crippen LogP contribution in [0, 0.1) is 35.4 Å².